The molecular weight excluding hydrogens is 204 g/mol. The van der Waals surface area contributed by atoms with E-state index in [1.165, 1.54) is 6.42 Å². The van der Waals surface area contributed by atoms with Crippen LogP contribution in [-0.4, -0.2) is 0 Å². The van der Waals surface area contributed by atoms with Crippen molar-refractivity contribution < 1.29 is 0 Å². The fourth-order valence-corrected chi connectivity index (χ4v) is 2.27. The number of allylic oxidation sites excluding steroid dienone is 8. The molecule has 0 nitrogen and oxygen atoms in total. The Morgan fingerprint density at radius 2 is 1.00 bits per heavy atom. The molecular formula is C17H28. The van der Waals surface area contributed by atoms with Crippen LogP contribution >= 0.6 is 0 Å². The Balaban J connectivity index is 0.000000581. The van der Waals surface area contributed by atoms with Crippen molar-refractivity contribution >= 4 is 0 Å². The smallest absolute Gasteiger partial charge is 0.00104 e. The predicted molar refractivity (Wildman–Crippen MR) is 80.0 cm³/mol. The minimum Gasteiger partial charge on any atom is -0.0773 e. The second kappa shape index (κ2) is 10.1. The summed E-state index contributed by atoms with van der Waals surface area (Å²) in [7, 11) is 0. The molecule has 0 unspecified atom stereocenters. The van der Waals surface area contributed by atoms with Crippen molar-refractivity contribution in [1.82, 2.24) is 0 Å². The molecule has 2 rings (SSSR count). The van der Waals surface area contributed by atoms with Gasteiger partial charge in [-0.25, -0.2) is 0 Å². The molecule has 0 saturated carbocycles. The summed E-state index contributed by atoms with van der Waals surface area (Å²) < 4.78 is 0. The fourth-order valence-electron chi connectivity index (χ4n) is 2.27. The molecule has 17 heavy (non-hydrogen) atoms. The molecule has 0 aliphatic heterocycles. The first-order valence-electron chi connectivity index (χ1n) is 7.12. The lowest BCUT2D eigenvalue weighted by molar-refractivity contribution is 0.384. The number of hydrogen-bond acceptors (Lipinski definition) is 0. The Morgan fingerprint density at radius 1 is 0.706 bits per heavy atom. The van der Waals surface area contributed by atoms with E-state index in [9.17, 15) is 0 Å². The van der Waals surface area contributed by atoms with Gasteiger partial charge < -0.3 is 0 Å². The zero-order valence-corrected chi connectivity index (χ0v) is 12.1. The summed E-state index contributed by atoms with van der Waals surface area (Å²) in [6, 6.07) is 0. The van der Waals surface area contributed by atoms with Gasteiger partial charge in [0.25, 0.3) is 0 Å². The maximum Gasteiger partial charge on any atom is -0.00104 e. The highest BCUT2D eigenvalue weighted by Gasteiger charge is 2.23. The Hall–Kier alpha value is -1.04. The third-order valence-corrected chi connectivity index (χ3v) is 3.02. The van der Waals surface area contributed by atoms with E-state index in [0.29, 0.717) is 11.8 Å². The minimum atomic E-state index is 0.655. The van der Waals surface area contributed by atoms with Crippen molar-refractivity contribution in [3.63, 3.8) is 0 Å². The van der Waals surface area contributed by atoms with Crippen LogP contribution < -0.4 is 0 Å². The highest BCUT2D eigenvalue weighted by Crippen LogP contribution is 2.32. The van der Waals surface area contributed by atoms with Crippen molar-refractivity contribution in [2.45, 2.75) is 41.0 Å². The van der Waals surface area contributed by atoms with Crippen LogP contribution in [0.1, 0.15) is 41.0 Å². The van der Waals surface area contributed by atoms with Gasteiger partial charge in [-0.15, -0.1) is 0 Å². The molecule has 0 aromatic heterocycles. The molecule has 0 aromatic carbocycles. The Bertz CT molecular complexity index is 226. The summed E-state index contributed by atoms with van der Waals surface area (Å²) in [5, 5.41) is 0. The summed E-state index contributed by atoms with van der Waals surface area (Å²) in [6.07, 6.45) is 19.2. The lowest BCUT2D eigenvalue weighted by atomic mass is 9.81. The minimum absolute atomic E-state index is 0.655. The summed E-state index contributed by atoms with van der Waals surface area (Å²) in [5.41, 5.74) is 0. The van der Waals surface area contributed by atoms with Crippen LogP contribution in [0.4, 0.5) is 0 Å². The van der Waals surface area contributed by atoms with Crippen molar-refractivity contribution in [2.75, 3.05) is 0 Å². The highest BCUT2D eigenvalue weighted by molar-refractivity contribution is 5.24. The maximum atomic E-state index is 2.31. The van der Waals surface area contributed by atoms with Gasteiger partial charge in [-0.3, -0.25) is 0 Å². The van der Waals surface area contributed by atoms with Crippen LogP contribution in [0, 0.1) is 17.8 Å². The predicted octanol–water partition coefficient (Wildman–Crippen LogP) is 5.55. The molecule has 0 heteroatoms. The molecule has 0 amide bonds. The Labute approximate surface area is 108 Å². The van der Waals surface area contributed by atoms with Gasteiger partial charge >= 0.3 is 0 Å². The molecule has 96 valence electrons. The van der Waals surface area contributed by atoms with Crippen LogP contribution in [0.2, 0.25) is 0 Å². The third kappa shape index (κ3) is 4.77. The van der Waals surface area contributed by atoms with E-state index in [-0.39, 0.29) is 0 Å². The van der Waals surface area contributed by atoms with Crippen molar-refractivity contribution in [1.29, 1.82) is 0 Å². The topological polar surface area (TPSA) is 0 Å². The summed E-state index contributed by atoms with van der Waals surface area (Å²) in [5.74, 6) is 2.06. The van der Waals surface area contributed by atoms with E-state index in [0.717, 1.165) is 5.92 Å². The first-order chi connectivity index (χ1) is 8.42. The van der Waals surface area contributed by atoms with E-state index in [4.69, 9.17) is 0 Å². The van der Waals surface area contributed by atoms with E-state index >= 15 is 0 Å². The highest BCUT2D eigenvalue weighted by atomic mass is 14.3. The van der Waals surface area contributed by atoms with Crippen molar-refractivity contribution in [3.05, 3.63) is 48.6 Å². The fraction of sp³-hybridized carbons (Fsp3) is 0.529. The van der Waals surface area contributed by atoms with Gasteiger partial charge in [0.05, 0.1) is 0 Å². The Morgan fingerprint density at radius 3 is 1.24 bits per heavy atom. The van der Waals surface area contributed by atoms with Gasteiger partial charge in [0.1, 0.15) is 0 Å². The van der Waals surface area contributed by atoms with Crippen molar-refractivity contribution in [2.24, 2.45) is 17.8 Å². The Kier molecular flexibility index (Phi) is 9.52. The second-order valence-electron chi connectivity index (χ2n) is 3.77. The van der Waals surface area contributed by atoms with Crippen LogP contribution in [0.15, 0.2) is 48.6 Å². The molecule has 0 bridgehead atoms. The van der Waals surface area contributed by atoms with Gasteiger partial charge in [-0.1, -0.05) is 89.6 Å². The van der Waals surface area contributed by atoms with Crippen molar-refractivity contribution in [3.8, 4) is 0 Å². The average molecular weight is 232 g/mol. The molecule has 0 heterocycles. The number of rotatable bonds is 3. The molecule has 2 aliphatic rings. The molecule has 0 N–H and O–H groups in total. The first-order valence-corrected chi connectivity index (χ1v) is 7.12. The van der Waals surface area contributed by atoms with E-state index in [2.05, 4.69) is 55.5 Å². The lowest BCUT2D eigenvalue weighted by Crippen LogP contribution is -2.16. The van der Waals surface area contributed by atoms with Gasteiger partial charge in [-0.2, -0.15) is 0 Å². The quantitative estimate of drug-likeness (QED) is 0.598. The van der Waals surface area contributed by atoms with E-state index in [1.807, 2.05) is 27.7 Å². The van der Waals surface area contributed by atoms with Crippen LogP contribution in [0.25, 0.3) is 0 Å². The monoisotopic (exact) mass is 232 g/mol. The zero-order chi connectivity index (χ0) is 13.1. The van der Waals surface area contributed by atoms with Crippen LogP contribution in [0.3, 0.4) is 0 Å². The second-order valence-corrected chi connectivity index (χ2v) is 3.77. The number of hydrogen-bond donors (Lipinski definition) is 0. The van der Waals surface area contributed by atoms with Crippen LogP contribution in [0.5, 0.6) is 0 Å². The third-order valence-electron chi connectivity index (χ3n) is 3.02. The molecule has 0 spiro atoms. The molecule has 0 fully saturated rings. The SMILES string of the molecule is CC.CC.CCC(C1C=CC=C1)C1C=CC=C1. The van der Waals surface area contributed by atoms with E-state index < -0.39 is 0 Å². The van der Waals surface area contributed by atoms with Gasteiger partial charge in [0, 0.05) is 0 Å². The van der Waals surface area contributed by atoms with E-state index in [1.54, 1.807) is 0 Å². The summed E-state index contributed by atoms with van der Waals surface area (Å²) in [6.45, 7) is 10.3. The lowest BCUT2D eigenvalue weighted by Gasteiger charge is -2.23. The zero-order valence-electron chi connectivity index (χ0n) is 12.1. The molecule has 0 aromatic rings. The molecule has 0 atom stereocenters. The normalized spacial score (nSPS) is 17.1. The standard InChI is InChI=1S/C13H16.2C2H6/c1-2-13(11-7-3-4-8-11)12-9-5-6-10-12;2*1-2/h3-13H,2H2,1H3;2*1-2H3. The van der Waals surface area contributed by atoms with Gasteiger partial charge in [0.15, 0.2) is 0 Å². The van der Waals surface area contributed by atoms with Crippen LogP contribution in [-0.2, 0) is 0 Å². The summed E-state index contributed by atoms with van der Waals surface area (Å²) in [4.78, 5) is 0. The molecule has 0 saturated heterocycles. The van der Waals surface area contributed by atoms with Gasteiger partial charge in [-0.05, 0) is 17.8 Å². The van der Waals surface area contributed by atoms with Gasteiger partial charge in [0.2, 0.25) is 0 Å². The maximum absolute atomic E-state index is 2.31. The average Bonchev–Trinajstić information content (AvgIpc) is 3.08. The molecule has 2 aliphatic carbocycles. The summed E-state index contributed by atoms with van der Waals surface area (Å²) >= 11 is 0. The largest absolute Gasteiger partial charge is 0.0773 e. The molecule has 0 radical (unpaired) electrons. The first kappa shape index (κ1) is 16.0.